The lowest BCUT2D eigenvalue weighted by Crippen LogP contribution is -1.70. The zero-order valence-corrected chi connectivity index (χ0v) is 6.09. The lowest BCUT2D eigenvalue weighted by Gasteiger charge is -1.87. The third-order valence-corrected chi connectivity index (χ3v) is 1.33. The average molecular weight is 133 g/mol. The lowest BCUT2D eigenvalue weighted by atomic mass is 10.2. The van der Waals surface area contributed by atoms with Crippen molar-refractivity contribution in [2.75, 3.05) is 0 Å². The summed E-state index contributed by atoms with van der Waals surface area (Å²) in [5.41, 5.74) is 2.29. The summed E-state index contributed by atoms with van der Waals surface area (Å²) in [6, 6.07) is 4.00. The smallest absolute Gasteiger partial charge is 0.0382 e. The lowest BCUT2D eigenvalue weighted by molar-refractivity contribution is 1.37. The molecule has 0 atom stereocenters. The molecule has 0 aliphatic rings. The maximum Gasteiger partial charge on any atom is 0.0382 e. The minimum Gasteiger partial charge on any atom is -0.362 e. The molecule has 0 unspecified atom stereocenters. The van der Waals surface area contributed by atoms with Gasteiger partial charge in [-0.15, -0.1) is 0 Å². The molecule has 0 radical (unpaired) electrons. The molecule has 1 aromatic rings. The van der Waals surface area contributed by atoms with Gasteiger partial charge in [-0.2, -0.15) is 0 Å². The first-order valence-corrected chi connectivity index (χ1v) is 3.27. The van der Waals surface area contributed by atoms with E-state index in [-0.39, 0.29) is 0 Å². The molecule has 0 fully saturated rings. The maximum atomic E-state index is 3.66. The van der Waals surface area contributed by atoms with Crippen molar-refractivity contribution in [2.45, 2.75) is 6.92 Å². The number of nitrogens with one attached hydrogen (secondary N) is 1. The Kier molecular flexibility index (Phi) is 2.11. The van der Waals surface area contributed by atoms with Crippen molar-refractivity contribution in [3.63, 3.8) is 0 Å². The van der Waals surface area contributed by atoms with Crippen molar-refractivity contribution in [3.8, 4) is 0 Å². The van der Waals surface area contributed by atoms with Crippen LogP contribution in [0.2, 0.25) is 0 Å². The molecule has 1 aromatic heterocycles. The van der Waals surface area contributed by atoms with E-state index in [9.17, 15) is 0 Å². The first-order chi connectivity index (χ1) is 4.83. The molecule has 0 aromatic carbocycles. The molecule has 0 saturated heterocycles. The van der Waals surface area contributed by atoms with E-state index in [4.69, 9.17) is 0 Å². The summed E-state index contributed by atoms with van der Waals surface area (Å²) in [4.78, 5) is 3.08. The molecule has 1 heterocycles. The molecule has 10 heavy (non-hydrogen) atoms. The van der Waals surface area contributed by atoms with Crippen LogP contribution in [0.4, 0.5) is 0 Å². The molecule has 0 aliphatic carbocycles. The molecule has 1 heteroatoms. The third-order valence-electron chi connectivity index (χ3n) is 1.33. The van der Waals surface area contributed by atoms with Gasteiger partial charge in [0.15, 0.2) is 0 Å². The second-order valence-electron chi connectivity index (χ2n) is 2.22. The number of hydrogen-bond donors (Lipinski definition) is 1. The van der Waals surface area contributed by atoms with Crippen LogP contribution in [0.15, 0.2) is 36.6 Å². The molecule has 1 rings (SSSR count). The normalized spacial score (nSPS) is 11.5. The van der Waals surface area contributed by atoms with Gasteiger partial charge in [-0.1, -0.05) is 12.7 Å². The molecule has 0 spiro atoms. The van der Waals surface area contributed by atoms with Crippen LogP contribution >= 0.6 is 0 Å². The summed E-state index contributed by atoms with van der Waals surface area (Å²) in [6.45, 7) is 5.68. The molecule has 1 N–H and O–H groups in total. The van der Waals surface area contributed by atoms with Crippen LogP contribution in [0.5, 0.6) is 0 Å². The van der Waals surface area contributed by atoms with Crippen LogP contribution < -0.4 is 0 Å². The van der Waals surface area contributed by atoms with Crippen molar-refractivity contribution in [2.24, 2.45) is 0 Å². The largest absolute Gasteiger partial charge is 0.362 e. The topological polar surface area (TPSA) is 15.8 Å². The molecular formula is C9H11N. The third kappa shape index (κ3) is 1.62. The van der Waals surface area contributed by atoms with Gasteiger partial charge in [-0.3, -0.25) is 0 Å². The van der Waals surface area contributed by atoms with Gasteiger partial charge in [0, 0.05) is 11.9 Å². The Balaban J connectivity index is 2.80. The van der Waals surface area contributed by atoms with Crippen molar-refractivity contribution in [1.29, 1.82) is 0 Å². The highest BCUT2D eigenvalue weighted by Gasteiger charge is 1.84. The molecule has 1 nitrogen and oxygen atoms in total. The predicted molar refractivity (Wildman–Crippen MR) is 44.6 cm³/mol. The van der Waals surface area contributed by atoms with Crippen LogP contribution in [-0.4, -0.2) is 4.98 Å². The standard InChI is InChI=1S/C9H11N/c1-3-8(2)7-9-5-4-6-10-9/h3-7,10H,1H2,2H3/b8-7-. The van der Waals surface area contributed by atoms with Gasteiger partial charge in [0.1, 0.15) is 0 Å². The fourth-order valence-electron chi connectivity index (χ4n) is 0.738. The van der Waals surface area contributed by atoms with Crippen LogP contribution in [0.3, 0.4) is 0 Å². The Labute approximate surface area is 61.1 Å². The highest BCUT2D eigenvalue weighted by Crippen LogP contribution is 2.03. The second kappa shape index (κ2) is 3.06. The Hall–Kier alpha value is -1.24. The number of allylic oxidation sites excluding steroid dienone is 2. The molecular weight excluding hydrogens is 122 g/mol. The van der Waals surface area contributed by atoms with E-state index in [2.05, 4.69) is 11.6 Å². The van der Waals surface area contributed by atoms with Gasteiger partial charge in [-0.05, 0) is 30.7 Å². The minimum atomic E-state index is 1.12. The Morgan fingerprint density at radius 2 is 2.50 bits per heavy atom. The van der Waals surface area contributed by atoms with E-state index in [1.807, 2.05) is 37.4 Å². The molecule has 0 amide bonds. The van der Waals surface area contributed by atoms with Gasteiger partial charge in [0.05, 0.1) is 0 Å². The van der Waals surface area contributed by atoms with Crippen LogP contribution in [0.25, 0.3) is 6.08 Å². The number of rotatable bonds is 2. The Morgan fingerprint density at radius 3 is 3.00 bits per heavy atom. The van der Waals surface area contributed by atoms with E-state index in [0.29, 0.717) is 0 Å². The minimum absolute atomic E-state index is 1.12. The summed E-state index contributed by atoms with van der Waals surface area (Å²) in [7, 11) is 0. The highest BCUT2D eigenvalue weighted by molar-refractivity contribution is 5.51. The second-order valence-corrected chi connectivity index (χ2v) is 2.22. The zero-order chi connectivity index (χ0) is 7.40. The Bertz CT molecular complexity index is 229. The van der Waals surface area contributed by atoms with E-state index < -0.39 is 0 Å². The van der Waals surface area contributed by atoms with Gasteiger partial charge in [-0.25, -0.2) is 0 Å². The summed E-state index contributed by atoms with van der Waals surface area (Å²) in [5.74, 6) is 0. The molecule has 0 saturated carbocycles. The average Bonchev–Trinajstić information content (AvgIpc) is 2.40. The number of aromatic nitrogens is 1. The molecule has 0 bridgehead atoms. The summed E-state index contributed by atoms with van der Waals surface area (Å²) in [5, 5.41) is 0. The SMILES string of the molecule is C=C/C(C)=C\c1ccc[nH]1. The van der Waals surface area contributed by atoms with Gasteiger partial charge >= 0.3 is 0 Å². The van der Waals surface area contributed by atoms with Crippen LogP contribution in [0, 0.1) is 0 Å². The maximum absolute atomic E-state index is 3.66. The summed E-state index contributed by atoms with van der Waals surface area (Å²) in [6.07, 6.45) is 5.79. The fourth-order valence-corrected chi connectivity index (χ4v) is 0.738. The van der Waals surface area contributed by atoms with E-state index in [1.54, 1.807) is 0 Å². The van der Waals surface area contributed by atoms with Crippen LogP contribution in [0.1, 0.15) is 12.6 Å². The molecule has 52 valence electrons. The summed E-state index contributed by atoms with van der Waals surface area (Å²) >= 11 is 0. The fraction of sp³-hybridized carbons (Fsp3) is 0.111. The first-order valence-electron chi connectivity index (χ1n) is 3.27. The zero-order valence-electron chi connectivity index (χ0n) is 6.09. The molecule has 0 aliphatic heterocycles. The van der Waals surface area contributed by atoms with E-state index >= 15 is 0 Å². The number of H-pyrrole nitrogens is 1. The number of hydrogen-bond acceptors (Lipinski definition) is 0. The van der Waals surface area contributed by atoms with Crippen molar-refractivity contribution in [3.05, 3.63) is 42.3 Å². The van der Waals surface area contributed by atoms with Crippen molar-refractivity contribution in [1.82, 2.24) is 4.98 Å². The van der Waals surface area contributed by atoms with Gasteiger partial charge < -0.3 is 4.98 Å². The number of aromatic amines is 1. The monoisotopic (exact) mass is 133 g/mol. The van der Waals surface area contributed by atoms with Gasteiger partial charge in [0.25, 0.3) is 0 Å². The Morgan fingerprint density at radius 1 is 1.70 bits per heavy atom. The first kappa shape index (κ1) is 6.87. The quantitative estimate of drug-likeness (QED) is 0.597. The van der Waals surface area contributed by atoms with Gasteiger partial charge in [0.2, 0.25) is 0 Å². The van der Waals surface area contributed by atoms with E-state index in [1.165, 1.54) is 5.57 Å². The van der Waals surface area contributed by atoms with E-state index in [0.717, 1.165) is 5.69 Å². The predicted octanol–water partition coefficient (Wildman–Crippen LogP) is 2.60. The van der Waals surface area contributed by atoms with Crippen molar-refractivity contribution < 1.29 is 0 Å². The van der Waals surface area contributed by atoms with Crippen molar-refractivity contribution >= 4 is 6.08 Å². The van der Waals surface area contributed by atoms with Crippen LogP contribution in [-0.2, 0) is 0 Å². The highest BCUT2D eigenvalue weighted by atomic mass is 14.7. The summed E-state index contributed by atoms with van der Waals surface area (Å²) < 4.78 is 0.